The molecule has 4 nitrogen and oxygen atoms in total. The number of aryl methyl sites for hydroxylation is 1. The summed E-state index contributed by atoms with van der Waals surface area (Å²) in [7, 11) is 0. The van der Waals surface area contributed by atoms with Gasteiger partial charge in [-0.15, -0.1) is 0 Å². The average molecular weight is 373 g/mol. The Hall–Kier alpha value is -2.27. The highest BCUT2D eigenvalue weighted by Gasteiger charge is 2.16. The van der Waals surface area contributed by atoms with Crippen LogP contribution in [0.4, 0.5) is 5.69 Å². The molecule has 0 aliphatic heterocycles. The molecule has 23 heavy (non-hydrogen) atoms. The van der Waals surface area contributed by atoms with Crippen molar-refractivity contribution in [1.29, 1.82) is 0 Å². The number of hydrogen-bond acceptors (Lipinski definition) is 2. The van der Waals surface area contributed by atoms with Crippen LogP contribution in [0, 0.1) is 13.8 Å². The number of carbonyl (C=O) groups excluding carboxylic acids is 1. The molecule has 0 bridgehead atoms. The molecule has 0 fully saturated rings. The van der Waals surface area contributed by atoms with Crippen molar-refractivity contribution in [3.05, 3.63) is 75.9 Å². The van der Waals surface area contributed by atoms with Crippen molar-refractivity contribution in [2.24, 2.45) is 0 Å². The summed E-state index contributed by atoms with van der Waals surface area (Å²) < 4.78 is 8.41. The summed E-state index contributed by atoms with van der Waals surface area (Å²) in [4.78, 5) is 12.6. The van der Waals surface area contributed by atoms with Crippen LogP contribution >= 0.6 is 15.9 Å². The van der Waals surface area contributed by atoms with Gasteiger partial charge in [-0.3, -0.25) is 4.79 Å². The fourth-order valence-corrected chi connectivity index (χ4v) is 3.00. The molecule has 0 unspecified atom stereocenters. The van der Waals surface area contributed by atoms with E-state index in [-0.39, 0.29) is 5.91 Å². The fourth-order valence-electron chi connectivity index (χ4n) is 2.60. The minimum Gasteiger partial charge on any atom is -0.467 e. The van der Waals surface area contributed by atoms with Gasteiger partial charge < -0.3 is 14.3 Å². The molecule has 5 heteroatoms. The van der Waals surface area contributed by atoms with Crippen LogP contribution in [-0.4, -0.2) is 10.5 Å². The number of carbonyl (C=O) groups is 1. The van der Waals surface area contributed by atoms with Crippen LogP contribution < -0.4 is 5.32 Å². The SMILES string of the molecule is Cc1cc(C(=O)Nc2cccc(Br)c2)c(C)n1Cc1ccco1. The smallest absolute Gasteiger partial charge is 0.257 e. The van der Waals surface area contributed by atoms with E-state index in [2.05, 4.69) is 25.8 Å². The average Bonchev–Trinajstić information content (AvgIpc) is 3.11. The first-order chi connectivity index (χ1) is 11.0. The highest BCUT2D eigenvalue weighted by atomic mass is 79.9. The van der Waals surface area contributed by atoms with Gasteiger partial charge in [0.25, 0.3) is 5.91 Å². The van der Waals surface area contributed by atoms with E-state index in [1.807, 2.05) is 56.3 Å². The van der Waals surface area contributed by atoms with Crippen molar-refractivity contribution in [3.8, 4) is 0 Å². The van der Waals surface area contributed by atoms with Gasteiger partial charge in [0.05, 0.1) is 18.4 Å². The van der Waals surface area contributed by atoms with Gasteiger partial charge in [-0.05, 0) is 50.2 Å². The molecule has 0 radical (unpaired) electrons. The van der Waals surface area contributed by atoms with Gasteiger partial charge in [0.15, 0.2) is 0 Å². The molecule has 1 N–H and O–H groups in total. The summed E-state index contributed by atoms with van der Waals surface area (Å²) in [5.74, 6) is 0.757. The van der Waals surface area contributed by atoms with E-state index >= 15 is 0 Å². The summed E-state index contributed by atoms with van der Waals surface area (Å²) in [6, 6.07) is 13.3. The number of rotatable bonds is 4. The molecular formula is C18H17BrN2O2. The van der Waals surface area contributed by atoms with E-state index < -0.39 is 0 Å². The zero-order valence-corrected chi connectivity index (χ0v) is 14.6. The summed E-state index contributed by atoms with van der Waals surface area (Å²) in [5, 5.41) is 2.93. The first-order valence-corrected chi connectivity index (χ1v) is 8.10. The Morgan fingerprint density at radius 3 is 2.74 bits per heavy atom. The van der Waals surface area contributed by atoms with Crippen LogP contribution in [0.15, 0.2) is 57.6 Å². The maximum Gasteiger partial charge on any atom is 0.257 e. The Balaban J connectivity index is 1.84. The Morgan fingerprint density at radius 1 is 1.22 bits per heavy atom. The van der Waals surface area contributed by atoms with E-state index in [9.17, 15) is 4.79 Å². The molecule has 2 aromatic heterocycles. The van der Waals surface area contributed by atoms with Crippen LogP contribution in [-0.2, 0) is 6.54 Å². The van der Waals surface area contributed by atoms with Crippen LogP contribution in [0.3, 0.4) is 0 Å². The number of aromatic nitrogens is 1. The third kappa shape index (κ3) is 3.40. The highest BCUT2D eigenvalue weighted by molar-refractivity contribution is 9.10. The van der Waals surface area contributed by atoms with Crippen molar-refractivity contribution < 1.29 is 9.21 Å². The van der Waals surface area contributed by atoms with Crippen LogP contribution in [0.5, 0.6) is 0 Å². The number of amides is 1. The molecule has 1 amide bonds. The zero-order chi connectivity index (χ0) is 16.4. The normalized spacial score (nSPS) is 10.7. The van der Waals surface area contributed by atoms with Crippen LogP contribution in [0.1, 0.15) is 27.5 Å². The lowest BCUT2D eigenvalue weighted by Gasteiger charge is -2.08. The number of halogens is 1. The third-order valence-corrected chi connectivity index (χ3v) is 4.29. The lowest BCUT2D eigenvalue weighted by molar-refractivity contribution is 0.102. The van der Waals surface area contributed by atoms with E-state index in [0.29, 0.717) is 12.1 Å². The summed E-state index contributed by atoms with van der Waals surface area (Å²) >= 11 is 3.41. The number of anilines is 1. The number of hydrogen-bond donors (Lipinski definition) is 1. The van der Waals surface area contributed by atoms with E-state index in [1.165, 1.54) is 0 Å². The highest BCUT2D eigenvalue weighted by Crippen LogP contribution is 2.20. The van der Waals surface area contributed by atoms with Gasteiger partial charge in [-0.2, -0.15) is 0 Å². The molecule has 0 aliphatic rings. The number of nitrogens with one attached hydrogen (secondary N) is 1. The Kier molecular flexibility index (Phi) is 4.39. The molecule has 2 heterocycles. The molecule has 0 saturated carbocycles. The minimum absolute atomic E-state index is 0.109. The first kappa shape index (κ1) is 15.6. The molecule has 3 aromatic rings. The van der Waals surface area contributed by atoms with Crippen molar-refractivity contribution in [2.45, 2.75) is 20.4 Å². The topological polar surface area (TPSA) is 47.2 Å². The van der Waals surface area contributed by atoms with E-state index in [4.69, 9.17) is 4.42 Å². The van der Waals surface area contributed by atoms with Gasteiger partial charge in [-0.1, -0.05) is 22.0 Å². The quantitative estimate of drug-likeness (QED) is 0.717. The molecular weight excluding hydrogens is 356 g/mol. The summed E-state index contributed by atoms with van der Waals surface area (Å²) in [5.41, 5.74) is 3.39. The predicted molar refractivity (Wildman–Crippen MR) is 93.8 cm³/mol. The fraction of sp³-hybridized carbons (Fsp3) is 0.167. The van der Waals surface area contributed by atoms with Crippen LogP contribution in [0.2, 0.25) is 0 Å². The zero-order valence-electron chi connectivity index (χ0n) is 13.0. The number of benzene rings is 1. The molecule has 0 saturated heterocycles. The monoisotopic (exact) mass is 372 g/mol. The van der Waals surface area contributed by atoms with Crippen molar-refractivity contribution in [2.75, 3.05) is 5.32 Å². The van der Waals surface area contributed by atoms with Crippen molar-refractivity contribution in [3.63, 3.8) is 0 Å². The maximum atomic E-state index is 12.6. The van der Waals surface area contributed by atoms with Gasteiger partial charge in [0, 0.05) is 21.5 Å². The van der Waals surface area contributed by atoms with E-state index in [1.54, 1.807) is 6.26 Å². The van der Waals surface area contributed by atoms with Crippen molar-refractivity contribution >= 4 is 27.5 Å². The molecule has 1 aromatic carbocycles. The first-order valence-electron chi connectivity index (χ1n) is 7.30. The molecule has 0 aliphatic carbocycles. The Labute approximate surface area is 143 Å². The number of nitrogens with zero attached hydrogens (tertiary/aromatic N) is 1. The van der Waals surface area contributed by atoms with Crippen molar-refractivity contribution in [1.82, 2.24) is 4.57 Å². The van der Waals surface area contributed by atoms with Gasteiger partial charge >= 0.3 is 0 Å². The maximum absolute atomic E-state index is 12.6. The Bertz CT molecular complexity index is 835. The largest absolute Gasteiger partial charge is 0.467 e. The lowest BCUT2D eigenvalue weighted by Crippen LogP contribution is -2.13. The second-order valence-electron chi connectivity index (χ2n) is 5.41. The molecule has 118 valence electrons. The van der Waals surface area contributed by atoms with Crippen LogP contribution in [0.25, 0.3) is 0 Å². The summed E-state index contributed by atoms with van der Waals surface area (Å²) in [6.45, 7) is 4.56. The summed E-state index contributed by atoms with van der Waals surface area (Å²) in [6.07, 6.45) is 1.66. The van der Waals surface area contributed by atoms with Gasteiger partial charge in [0.1, 0.15) is 5.76 Å². The van der Waals surface area contributed by atoms with Gasteiger partial charge in [-0.25, -0.2) is 0 Å². The molecule has 0 atom stereocenters. The van der Waals surface area contributed by atoms with E-state index in [0.717, 1.165) is 27.3 Å². The lowest BCUT2D eigenvalue weighted by atomic mass is 10.2. The predicted octanol–water partition coefficient (Wildman–Crippen LogP) is 4.76. The second-order valence-corrected chi connectivity index (χ2v) is 6.33. The Morgan fingerprint density at radius 2 is 2.04 bits per heavy atom. The molecule has 0 spiro atoms. The number of furan rings is 1. The second kappa shape index (κ2) is 6.46. The standard InChI is InChI=1S/C18H17BrN2O2/c1-12-9-17(13(2)21(12)11-16-7-4-8-23-16)18(22)20-15-6-3-5-14(19)10-15/h3-10H,11H2,1-2H3,(H,20,22). The third-order valence-electron chi connectivity index (χ3n) is 3.79. The molecule has 3 rings (SSSR count). The van der Waals surface area contributed by atoms with Gasteiger partial charge in [0.2, 0.25) is 0 Å². The minimum atomic E-state index is -0.109.